The molecule has 0 bridgehead atoms. The fraction of sp³-hybridized carbons (Fsp3) is 0.250. The van der Waals surface area contributed by atoms with Crippen LogP contribution in [0.3, 0.4) is 0 Å². The molecule has 3 rings (SSSR count). The van der Waals surface area contributed by atoms with Gasteiger partial charge in [0.2, 0.25) is 0 Å². The lowest BCUT2D eigenvalue weighted by atomic mass is 10.0. The third kappa shape index (κ3) is 3.31. The molecule has 5 nitrogen and oxygen atoms in total. The van der Waals surface area contributed by atoms with Crippen LogP contribution in [0.15, 0.2) is 54.6 Å². The van der Waals surface area contributed by atoms with Crippen LogP contribution in [0.5, 0.6) is 0 Å². The van der Waals surface area contributed by atoms with Gasteiger partial charge in [-0.3, -0.25) is 14.5 Å². The van der Waals surface area contributed by atoms with E-state index in [1.54, 1.807) is 24.3 Å². The Bertz CT molecular complexity index is 765. The van der Waals surface area contributed by atoms with Gasteiger partial charge in [-0.05, 0) is 24.1 Å². The summed E-state index contributed by atoms with van der Waals surface area (Å²) in [5.41, 5.74) is 1.51. The number of fused-ring (bicyclic) bond motifs is 1. The van der Waals surface area contributed by atoms with Crippen molar-refractivity contribution in [2.75, 3.05) is 6.61 Å². The lowest BCUT2D eigenvalue weighted by molar-refractivity contribution is -0.148. The Hall–Kier alpha value is -2.95. The van der Waals surface area contributed by atoms with E-state index in [-0.39, 0.29) is 13.0 Å². The first-order chi connectivity index (χ1) is 12.1. The second kappa shape index (κ2) is 7.30. The molecule has 0 fully saturated rings. The molecule has 0 saturated heterocycles. The largest absolute Gasteiger partial charge is 0.464 e. The van der Waals surface area contributed by atoms with Crippen molar-refractivity contribution in [2.45, 2.75) is 25.8 Å². The van der Waals surface area contributed by atoms with Gasteiger partial charge in [0.05, 0.1) is 17.7 Å². The highest BCUT2D eigenvalue weighted by molar-refractivity contribution is 6.22. The summed E-state index contributed by atoms with van der Waals surface area (Å²) in [5.74, 6) is -1.45. The maximum atomic E-state index is 12.7. The van der Waals surface area contributed by atoms with E-state index in [9.17, 15) is 14.4 Å². The summed E-state index contributed by atoms with van der Waals surface area (Å²) in [6.45, 7) is 2.15. The Balaban J connectivity index is 1.93. The normalized spacial score (nSPS) is 14.4. The number of esters is 1. The summed E-state index contributed by atoms with van der Waals surface area (Å²) in [7, 11) is 0. The Morgan fingerprint density at radius 3 is 2.08 bits per heavy atom. The monoisotopic (exact) mass is 337 g/mol. The number of carbonyl (C=O) groups excluding carboxylic acids is 3. The van der Waals surface area contributed by atoms with Crippen molar-refractivity contribution in [1.29, 1.82) is 0 Å². The average Bonchev–Trinajstić information content (AvgIpc) is 2.90. The Morgan fingerprint density at radius 1 is 0.960 bits per heavy atom. The van der Waals surface area contributed by atoms with Crippen molar-refractivity contribution >= 4 is 17.8 Å². The minimum absolute atomic E-state index is 0.231. The number of benzene rings is 2. The fourth-order valence-electron chi connectivity index (χ4n) is 2.91. The molecule has 128 valence electrons. The summed E-state index contributed by atoms with van der Waals surface area (Å²) >= 11 is 0. The van der Waals surface area contributed by atoms with Gasteiger partial charge in [-0.15, -0.1) is 0 Å². The molecule has 1 unspecified atom stereocenters. The minimum atomic E-state index is -0.971. The van der Waals surface area contributed by atoms with Crippen molar-refractivity contribution < 1.29 is 19.1 Å². The first kappa shape index (κ1) is 16.9. The lowest BCUT2D eigenvalue weighted by Crippen LogP contribution is -2.47. The van der Waals surface area contributed by atoms with Crippen LogP contribution in [0.1, 0.15) is 39.6 Å². The van der Waals surface area contributed by atoms with E-state index in [0.29, 0.717) is 17.5 Å². The number of carbonyl (C=O) groups is 3. The third-order valence-electron chi connectivity index (χ3n) is 4.13. The maximum Gasteiger partial charge on any atom is 0.329 e. The van der Waals surface area contributed by atoms with E-state index >= 15 is 0 Å². The molecule has 1 aliphatic heterocycles. The van der Waals surface area contributed by atoms with E-state index in [0.717, 1.165) is 10.5 Å². The quantitative estimate of drug-likeness (QED) is 0.601. The number of ether oxygens (including phenoxy) is 1. The smallest absolute Gasteiger partial charge is 0.329 e. The van der Waals surface area contributed by atoms with Crippen molar-refractivity contribution in [1.82, 2.24) is 4.90 Å². The van der Waals surface area contributed by atoms with Crippen LogP contribution in [0.2, 0.25) is 0 Å². The van der Waals surface area contributed by atoms with Gasteiger partial charge in [0, 0.05) is 6.42 Å². The third-order valence-corrected chi connectivity index (χ3v) is 4.13. The molecule has 0 radical (unpaired) electrons. The van der Waals surface area contributed by atoms with Crippen LogP contribution in [-0.4, -0.2) is 35.3 Å². The highest BCUT2D eigenvalue weighted by Gasteiger charge is 2.43. The molecule has 5 heteroatoms. The van der Waals surface area contributed by atoms with Crippen LogP contribution < -0.4 is 0 Å². The number of imide groups is 1. The topological polar surface area (TPSA) is 63.7 Å². The minimum Gasteiger partial charge on any atom is -0.464 e. The van der Waals surface area contributed by atoms with E-state index in [1.165, 1.54) is 0 Å². The average molecular weight is 337 g/mol. The number of hydrogen-bond acceptors (Lipinski definition) is 4. The molecular formula is C20H19NO4. The van der Waals surface area contributed by atoms with Crippen molar-refractivity contribution in [2.24, 2.45) is 0 Å². The van der Waals surface area contributed by atoms with E-state index in [1.807, 2.05) is 37.3 Å². The van der Waals surface area contributed by atoms with Crippen LogP contribution in [0.4, 0.5) is 0 Å². The highest BCUT2D eigenvalue weighted by atomic mass is 16.5. The van der Waals surface area contributed by atoms with Crippen LogP contribution in [-0.2, 0) is 16.0 Å². The Labute approximate surface area is 146 Å². The van der Waals surface area contributed by atoms with E-state index < -0.39 is 23.8 Å². The summed E-state index contributed by atoms with van der Waals surface area (Å²) in [5, 5.41) is 0. The molecule has 25 heavy (non-hydrogen) atoms. The van der Waals surface area contributed by atoms with E-state index in [2.05, 4.69) is 0 Å². The molecular weight excluding hydrogens is 318 g/mol. The molecule has 1 heterocycles. The number of hydrogen-bond donors (Lipinski definition) is 0. The zero-order valence-corrected chi connectivity index (χ0v) is 14.0. The molecule has 0 aliphatic carbocycles. The van der Waals surface area contributed by atoms with Crippen LogP contribution in [0, 0.1) is 0 Å². The van der Waals surface area contributed by atoms with Crippen LogP contribution >= 0.6 is 0 Å². The van der Waals surface area contributed by atoms with Gasteiger partial charge in [-0.1, -0.05) is 49.4 Å². The fourth-order valence-corrected chi connectivity index (χ4v) is 2.91. The molecule has 2 aromatic carbocycles. The number of amides is 2. The molecule has 0 N–H and O–H groups in total. The lowest BCUT2D eigenvalue weighted by Gasteiger charge is -2.24. The number of rotatable bonds is 6. The second-order valence-electron chi connectivity index (χ2n) is 5.90. The Morgan fingerprint density at radius 2 is 1.52 bits per heavy atom. The van der Waals surface area contributed by atoms with Gasteiger partial charge in [-0.25, -0.2) is 4.79 Å². The molecule has 2 amide bonds. The maximum absolute atomic E-state index is 12.7. The molecule has 0 aromatic heterocycles. The van der Waals surface area contributed by atoms with Crippen LogP contribution in [0.25, 0.3) is 0 Å². The molecule has 2 aromatic rings. The summed E-state index contributed by atoms with van der Waals surface area (Å²) in [4.78, 5) is 39.0. The first-order valence-corrected chi connectivity index (χ1v) is 8.31. The predicted octanol–water partition coefficient (Wildman–Crippen LogP) is 2.85. The number of nitrogens with zero attached hydrogens (tertiary/aromatic N) is 1. The van der Waals surface area contributed by atoms with Crippen molar-refractivity contribution in [3.05, 3.63) is 71.3 Å². The van der Waals surface area contributed by atoms with Gasteiger partial charge >= 0.3 is 5.97 Å². The highest BCUT2D eigenvalue weighted by Crippen LogP contribution is 2.26. The van der Waals surface area contributed by atoms with Gasteiger partial charge in [0.1, 0.15) is 6.04 Å². The van der Waals surface area contributed by atoms with E-state index in [4.69, 9.17) is 4.74 Å². The van der Waals surface area contributed by atoms with Gasteiger partial charge < -0.3 is 4.74 Å². The molecule has 1 atom stereocenters. The summed E-state index contributed by atoms with van der Waals surface area (Å²) in [6, 6.07) is 14.9. The van der Waals surface area contributed by atoms with Gasteiger partial charge in [0.15, 0.2) is 0 Å². The second-order valence-corrected chi connectivity index (χ2v) is 5.90. The first-order valence-electron chi connectivity index (χ1n) is 8.31. The molecule has 0 saturated carbocycles. The summed E-state index contributed by atoms with van der Waals surface area (Å²) in [6.07, 6.45) is 0.904. The SMILES string of the molecule is CCCOC(=O)C(Cc1ccccc1)N1C(=O)c2ccccc2C1=O. The zero-order chi connectivity index (χ0) is 17.8. The zero-order valence-electron chi connectivity index (χ0n) is 14.0. The predicted molar refractivity (Wildman–Crippen MR) is 92.1 cm³/mol. The van der Waals surface area contributed by atoms with Gasteiger partial charge in [-0.2, -0.15) is 0 Å². The van der Waals surface area contributed by atoms with Crippen molar-refractivity contribution in [3.63, 3.8) is 0 Å². The standard InChI is InChI=1S/C20H19NO4/c1-2-12-25-20(24)17(13-14-8-4-3-5-9-14)21-18(22)15-10-6-7-11-16(15)19(21)23/h3-11,17H,2,12-13H2,1H3. The molecule has 0 spiro atoms. The molecule has 1 aliphatic rings. The summed E-state index contributed by atoms with van der Waals surface area (Å²) < 4.78 is 5.25. The van der Waals surface area contributed by atoms with Gasteiger partial charge in [0.25, 0.3) is 11.8 Å². The van der Waals surface area contributed by atoms with Crippen molar-refractivity contribution in [3.8, 4) is 0 Å². The Kier molecular flexibility index (Phi) is 4.93.